The van der Waals surface area contributed by atoms with Crippen LogP contribution in [0.3, 0.4) is 0 Å². The molecule has 0 saturated heterocycles. The average molecular weight is 232 g/mol. The fourth-order valence-electron chi connectivity index (χ4n) is 1.16. The number of carbonyl (C=O) groups excluding carboxylic acids is 1. The second-order valence-electron chi connectivity index (χ2n) is 3.08. The van der Waals surface area contributed by atoms with Gasteiger partial charge in [0.1, 0.15) is 17.7 Å². The van der Waals surface area contributed by atoms with Crippen molar-refractivity contribution in [3.63, 3.8) is 0 Å². The molecule has 0 fully saturated rings. The summed E-state index contributed by atoms with van der Waals surface area (Å²) in [5.74, 6) is -2.83. The Morgan fingerprint density at radius 3 is 2.56 bits per heavy atom. The van der Waals surface area contributed by atoms with Gasteiger partial charge < -0.3 is 14.9 Å². The molecule has 88 valence electrons. The first kappa shape index (κ1) is 12.5. The molecule has 0 aromatic heterocycles. The topological polar surface area (TPSA) is 66.8 Å². The molecule has 0 amide bonds. The molecule has 2 N–H and O–H groups in total. The quantitative estimate of drug-likeness (QED) is 0.746. The van der Waals surface area contributed by atoms with Gasteiger partial charge in [-0.25, -0.2) is 13.6 Å². The summed E-state index contributed by atoms with van der Waals surface area (Å²) in [6.07, 6.45) is -3.83. The van der Waals surface area contributed by atoms with Crippen molar-refractivity contribution in [3.05, 3.63) is 35.4 Å². The van der Waals surface area contributed by atoms with E-state index in [1.165, 1.54) is 0 Å². The largest absolute Gasteiger partial charge is 0.467 e. The Labute approximate surface area is 90.1 Å². The number of halogens is 2. The Morgan fingerprint density at radius 1 is 1.38 bits per heavy atom. The Morgan fingerprint density at radius 2 is 2.00 bits per heavy atom. The second kappa shape index (κ2) is 5.00. The summed E-state index contributed by atoms with van der Waals surface area (Å²) in [7, 11) is 1.00. The van der Waals surface area contributed by atoms with Crippen LogP contribution < -0.4 is 0 Å². The molecule has 16 heavy (non-hydrogen) atoms. The van der Waals surface area contributed by atoms with Crippen molar-refractivity contribution in [2.75, 3.05) is 7.11 Å². The van der Waals surface area contributed by atoms with Gasteiger partial charge in [0.15, 0.2) is 6.10 Å². The zero-order valence-electron chi connectivity index (χ0n) is 8.35. The fraction of sp³-hybridized carbons (Fsp3) is 0.300. The van der Waals surface area contributed by atoms with Crippen LogP contribution in [0.25, 0.3) is 0 Å². The lowest BCUT2D eigenvalue weighted by Gasteiger charge is -2.16. The van der Waals surface area contributed by atoms with Gasteiger partial charge in [0.25, 0.3) is 0 Å². The van der Waals surface area contributed by atoms with Gasteiger partial charge in [-0.1, -0.05) is 0 Å². The molecule has 2 unspecified atom stereocenters. The van der Waals surface area contributed by atoms with Crippen molar-refractivity contribution in [3.8, 4) is 0 Å². The molecule has 0 heterocycles. The number of esters is 1. The van der Waals surface area contributed by atoms with Gasteiger partial charge in [-0.15, -0.1) is 0 Å². The van der Waals surface area contributed by atoms with Gasteiger partial charge in [-0.05, 0) is 18.2 Å². The maximum atomic E-state index is 13.2. The van der Waals surface area contributed by atoms with Crippen LogP contribution in [0.5, 0.6) is 0 Å². The Bertz CT molecular complexity index is 394. The predicted molar refractivity (Wildman–Crippen MR) is 49.3 cm³/mol. The second-order valence-corrected chi connectivity index (χ2v) is 3.08. The lowest BCUT2D eigenvalue weighted by atomic mass is 10.0. The van der Waals surface area contributed by atoms with E-state index in [1.807, 2.05) is 0 Å². The number of benzene rings is 1. The maximum absolute atomic E-state index is 13.2. The van der Waals surface area contributed by atoms with Crippen molar-refractivity contribution in [1.82, 2.24) is 0 Å². The Balaban J connectivity index is 2.99. The van der Waals surface area contributed by atoms with E-state index >= 15 is 0 Å². The van der Waals surface area contributed by atoms with Gasteiger partial charge in [0.05, 0.1) is 7.11 Å². The summed E-state index contributed by atoms with van der Waals surface area (Å²) in [6, 6.07) is 2.35. The SMILES string of the molecule is COC(=O)C(O)C(O)c1cc(F)ccc1F. The normalized spacial score (nSPS) is 14.3. The van der Waals surface area contributed by atoms with E-state index < -0.39 is 35.4 Å². The molecule has 0 aliphatic carbocycles. The van der Waals surface area contributed by atoms with Crippen LogP contribution in [0.15, 0.2) is 18.2 Å². The number of aliphatic hydroxyl groups is 2. The minimum atomic E-state index is -1.96. The molecule has 0 radical (unpaired) electrons. The van der Waals surface area contributed by atoms with Crippen LogP contribution in [-0.2, 0) is 9.53 Å². The van der Waals surface area contributed by atoms with Gasteiger partial charge in [-0.3, -0.25) is 0 Å². The zero-order chi connectivity index (χ0) is 12.3. The number of hydrogen-bond donors (Lipinski definition) is 2. The molecule has 0 saturated carbocycles. The van der Waals surface area contributed by atoms with Crippen LogP contribution in [-0.4, -0.2) is 29.4 Å². The smallest absolute Gasteiger partial charge is 0.337 e. The predicted octanol–water partition coefficient (Wildman–Crippen LogP) is 0.532. The van der Waals surface area contributed by atoms with Crippen molar-refractivity contribution in [2.24, 2.45) is 0 Å². The Hall–Kier alpha value is -1.53. The minimum absolute atomic E-state index is 0.502. The summed E-state index contributed by atoms with van der Waals surface area (Å²) >= 11 is 0. The third-order valence-corrected chi connectivity index (χ3v) is 2.02. The monoisotopic (exact) mass is 232 g/mol. The molecule has 1 rings (SSSR count). The van der Waals surface area contributed by atoms with E-state index in [-0.39, 0.29) is 0 Å². The molecular formula is C10H10F2O4. The maximum Gasteiger partial charge on any atom is 0.337 e. The van der Waals surface area contributed by atoms with Gasteiger partial charge in [0, 0.05) is 5.56 Å². The molecule has 4 nitrogen and oxygen atoms in total. The number of carbonyl (C=O) groups is 1. The number of rotatable bonds is 3. The highest BCUT2D eigenvalue weighted by Gasteiger charge is 2.28. The Kier molecular flexibility index (Phi) is 3.92. The van der Waals surface area contributed by atoms with Crippen molar-refractivity contribution in [1.29, 1.82) is 0 Å². The van der Waals surface area contributed by atoms with E-state index in [1.54, 1.807) is 0 Å². The molecule has 6 heteroatoms. The molecule has 1 aromatic rings. The molecule has 1 aromatic carbocycles. The van der Waals surface area contributed by atoms with E-state index in [2.05, 4.69) is 4.74 Å². The van der Waals surface area contributed by atoms with E-state index in [4.69, 9.17) is 0 Å². The zero-order valence-corrected chi connectivity index (χ0v) is 8.35. The highest BCUT2D eigenvalue weighted by molar-refractivity contribution is 5.75. The lowest BCUT2D eigenvalue weighted by Crippen LogP contribution is -2.29. The summed E-state index contributed by atoms with van der Waals surface area (Å²) in [6.45, 7) is 0. The van der Waals surface area contributed by atoms with Gasteiger partial charge in [0.2, 0.25) is 0 Å². The van der Waals surface area contributed by atoms with E-state index in [0.717, 1.165) is 19.2 Å². The lowest BCUT2D eigenvalue weighted by molar-refractivity contribution is -0.156. The van der Waals surface area contributed by atoms with Crippen LogP contribution in [0, 0.1) is 11.6 Å². The highest BCUT2D eigenvalue weighted by Crippen LogP contribution is 2.21. The van der Waals surface area contributed by atoms with E-state index in [9.17, 15) is 23.8 Å². The van der Waals surface area contributed by atoms with Crippen LogP contribution in [0.4, 0.5) is 8.78 Å². The first-order chi connectivity index (χ1) is 7.47. The summed E-state index contributed by atoms with van der Waals surface area (Å²) < 4.78 is 30.1. The standard InChI is InChI=1S/C10H10F2O4/c1-16-10(15)9(14)8(13)6-4-5(11)2-3-7(6)12/h2-4,8-9,13-14H,1H3. The fourth-order valence-corrected chi connectivity index (χ4v) is 1.16. The van der Waals surface area contributed by atoms with Gasteiger partial charge >= 0.3 is 5.97 Å². The van der Waals surface area contributed by atoms with Gasteiger partial charge in [-0.2, -0.15) is 0 Å². The van der Waals surface area contributed by atoms with Crippen molar-refractivity contribution in [2.45, 2.75) is 12.2 Å². The summed E-state index contributed by atoms with van der Waals surface area (Å²) in [4.78, 5) is 10.9. The molecule has 0 aliphatic rings. The third kappa shape index (κ3) is 2.53. The van der Waals surface area contributed by atoms with Crippen molar-refractivity contribution >= 4 is 5.97 Å². The molecule has 0 bridgehead atoms. The van der Waals surface area contributed by atoms with Crippen LogP contribution >= 0.6 is 0 Å². The first-order valence-corrected chi connectivity index (χ1v) is 4.36. The summed E-state index contributed by atoms with van der Waals surface area (Å²) in [5, 5.41) is 18.7. The third-order valence-electron chi connectivity index (χ3n) is 2.02. The highest BCUT2D eigenvalue weighted by atomic mass is 19.1. The first-order valence-electron chi connectivity index (χ1n) is 4.36. The number of methoxy groups -OCH3 is 1. The summed E-state index contributed by atoms with van der Waals surface area (Å²) in [5.41, 5.74) is -0.502. The average Bonchev–Trinajstić information content (AvgIpc) is 2.29. The molecule has 0 spiro atoms. The number of hydrogen-bond acceptors (Lipinski definition) is 4. The van der Waals surface area contributed by atoms with Crippen LogP contribution in [0.2, 0.25) is 0 Å². The van der Waals surface area contributed by atoms with Crippen molar-refractivity contribution < 1.29 is 28.5 Å². The molecule has 2 atom stereocenters. The van der Waals surface area contributed by atoms with Crippen LogP contribution in [0.1, 0.15) is 11.7 Å². The number of aliphatic hydroxyl groups excluding tert-OH is 2. The molecular weight excluding hydrogens is 222 g/mol. The number of ether oxygens (including phenoxy) is 1. The minimum Gasteiger partial charge on any atom is -0.467 e. The van der Waals surface area contributed by atoms with E-state index in [0.29, 0.717) is 6.07 Å². The molecule has 0 aliphatic heterocycles.